The average molecular weight is 305 g/mol. The summed E-state index contributed by atoms with van der Waals surface area (Å²) in [6, 6.07) is 4.93. The zero-order valence-corrected chi connectivity index (χ0v) is 11.8. The smallest absolute Gasteiger partial charge is 0.238 e. The first-order valence-electron chi connectivity index (χ1n) is 5.62. The van der Waals surface area contributed by atoms with Gasteiger partial charge in [0.05, 0.1) is 11.6 Å². The van der Waals surface area contributed by atoms with Crippen molar-refractivity contribution in [3.05, 3.63) is 28.2 Å². The van der Waals surface area contributed by atoms with Crippen molar-refractivity contribution >= 4 is 35.0 Å². The molecule has 2 N–H and O–H groups in total. The number of hydrogen-bond acceptors (Lipinski definition) is 3. The lowest BCUT2D eigenvalue weighted by atomic mass is 10.3. The minimum Gasteiger partial charge on any atom is -0.492 e. The van der Waals surface area contributed by atoms with E-state index in [2.05, 4.69) is 10.9 Å². The number of halogens is 2. The second-order valence-electron chi connectivity index (χ2n) is 3.76. The van der Waals surface area contributed by atoms with Gasteiger partial charge >= 0.3 is 0 Å². The molecule has 5 nitrogen and oxygen atoms in total. The Hall–Kier alpha value is -1.46. The zero-order chi connectivity index (χ0) is 14.3. The molecule has 0 spiro atoms. The molecule has 0 heterocycles. The van der Waals surface area contributed by atoms with Crippen LogP contribution in [-0.2, 0) is 9.59 Å². The minimum absolute atomic E-state index is 0.242. The normalized spacial score (nSPS) is 9.84. The van der Waals surface area contributed by atoms with Crippen LogP contribution in [0, 0.1) is 0 Å². The highest BCUT2D eigenvalue weighted by Gasteiger charge is 2.04. The van der Waals surface area contributed by atoms with Gasteiger partial charge in [-0.05, 0) is 24.6 Å². The predicted molar refractivity (Wildman–Crippen MR) is 73.2 cm³/mol. The van der Waals surface area contributed by atoms with Crippen molar-refractivity contribution in [3.63, 3.8) is 0 Å². The SMILES string of the molecule is CC(=O)NNC(=O)CCCOc1ccc(Cl)cc1Cl. The number of hydrazine groups is 1. The second-order valence-corrected chi connectivity index (χ2v) is 4.60. The van der Waals surface area contributed by atoms with E-state index in [4.69, 9.17) is 27.9 Å². The highest BCUT2D eigenvalue weighted by atomic mass is 35.5. The average Bonchev–Trinajstić information content (AvgIpc) is 2.34. The Labute approximate surface area is 121 Å². The maximum absolute atomic E-state index is 11.2. The van der Waals surface area contributed by atoms with Gasteiger partial charge in [0.15, 0.2) is 0 Å². The minimum atomic E-state index is -0.322. The summed E-state index contributed by atoms with van der Waals surface area (Å²) < 4.78 is 5.41. The van der Waals surface area contributed by atoms with Crippen LogP contribution in [0.15, 0.2) is 18.2 Å². The Morgan fingerprint density at radius 2 is 2.00 bits per heavy atom. The van der Waals surface area contributed by atoms with Gasteiger partial charge in [-0.3, -0.25) is 20.4 Å². The van der Waals surface area contributed by atoms with E-state index in [1.54, 1.807) is 18.2 Å². The van der Waals surface area contributed by atoms with E-state index in [-0.39, 0.29) is 18.2 Å². The molecule has 0 saturated heterocycles. The number of ether oxygens (including phenoxy) is 1. The molecule has 0 bridgehead atoms. The van der Waals surface area contributed by atoms with Gasteiger partial charge in [-0.1, -0.05) is 23.2 Å². The number of nitrogens with one attached hydrogen (secondary N) is 2. The predicted octanol–water partition coefficient (Wildman–Crippen LogP) is 2.32. The van der Waals surface area contributed by atoms with E-state index >= 15 is 0 Å². The van der Waals surface area contributed by atoms with Gasteiger partial charge in [0.25, 0.3) is 0 Å². The Bertz CT molecular complexity index is 466. The first kappa shape index (κ1) is 15.6. The van der Waals surface area contributed by atoms with E-state index in [9.17, 15) is 9.59 Å². The zero-order valence-electron chi connectivity index (χ0n) is 10.3. The van der Waals surface area contributed by atoms with Gasteiger partial charge < -0.3 is 4.74 Å². The fourth-order valence-electron chi connectivity index (χ4n) is 1.23. The van der Waals surface area contributed by atoms with Crippen LogP contribution in [0.1, 0.15) is 19.8 Å². The van der Waals surface area contributed by atoms with E-state index < -0.39 is 0 Å². The number of carbonyl (C=O) groups is 2. The van der Waals surface area contributed by atoms with Crippen molar-refractivity contribution in [2.24, 2.45) is 0 Å². The van der Waals surface area contributed by atoms with Crippen LogP contribution in [0.25, 0.3) is 0 Å². The molecule has 0 saturated carbocycles. The van der Waals surface area contributed by atoms with Crippen molar-refractivity contribution in [1.29, 1.82) is 0 Å². The molecule has 0 aromatic heterocycles. The summed E-state index contributed by atoms with van der Waals surface area (Å²) in [5, 5.41) is 0.960. The van der Waals surface area contributed by atoms with Crippen molar-refractivity contribution in [1.82, 2.24) is 10.9 Å². The number of benzene rings is 1. The molecule has 0 fully saturated rings. The highest BCUT2D eigenvalue weighted by molar-refractivity contribution is 6.35. The van der Waals surface area contributed by atoms with Crippen LogP contribution in [0.2, 0.25) is 10.0 Å². The van der Waals surface area contributed by atoms with Crippen LogP contribution in [0.5, 0.6) is 5.75 Å². The summed E-state index contributed by atoms with van der Waals surface area (Å²) in [5.41, 5.74) is 4.47. The lowest BCUT2D eigenvalue weighted by molar-refractivity contribution is -0.127. The summed E-state index contributed by atoms with van der Waals surface area (Å²) in [4.78, 5) is 21.8. The van der Waals surface area contributed by atoms with Crippen LogP contribution >= 0.6 is 23.2 Å². The molecule has 0 aliphatic heterocycles. The van der Waals surface area contributed by atoms with E-state index in [1.807, 2.05) is 0 Å². The molecule has 2 amide bonds. The maximum Gasteiger partial charge on any atom is 0.238 e. The summed E-state index contributed by atoms with van der Waals surface area (Å²) in [7, 11) is 0. The van der Waals surface area contributed by atoms with Crippen molar-refractivity contribution in [2.75, 3.05) is 6.61 Å². The lowest BCUT2D eigenvalue weighted by Crippen LogP contribution is -2.40. The Kier molecular flexibility index (Phi) is 6.45. The molecular formula is C12H14Cl2N2O3. The van der Waals surface area contributed by atoms with Gasteiger partial charge in [0.2, 0.25) is 11.8 Å². The molecule has 1 aromatic carbocycles. The summed E-state index contributed by atoms with van der Waals surface area (Å²) in [6.45, 7) is 1.65. The molecular weight excluding hydrogens is 291 g/mol. The van der Waals surface area contributed by atoms with E-state index in [0.717, 1.165) is 0 Å². The Morgan fingerprint density at radius 1 is 1.26 bits per heavy atom. The molecule has 0 unspecified atom stereocenters. The Morgan fingerprint density at radius 3 is 2.63 bits per heavy atom. The van der Waals surface area contributed by atoms with Gasteiger partial charge in [-0.15, -0.1) is 0 Å². The van der Waals surface area contributed by atoms with Crippen molar-refractivity contribution in [3.8, 4) is 5.75 Å². The van der Waals surface area contributed by atoms with E-state index in [1.165, 1.54) is 6.92 Å². The number of hydrogen-bond donors (Lipinski definition) is 2. The van der Waals surface area contributed by atoms with Crippen molar-refractivity contribution in [2.45, 2.75) is 19.8 Å². The number of carbonyl (C=O) groups excluding carboxylic acids is 2. The van der Waals surface area contributed by atoms with Crippen LogP contribution in [-0.4, -0.2) is 18.4 Å². The van der Waals surface area contributed by atoms with Gasteiger partial charge in [-0.2, -0.15) is 0 Å². The summed E-state index contributed by atoms with van der Waals surface area (Å²) in [5.74, 6) is -0.0770. The largest absolute Gasteiger partial charge is 0.492 e. The fourth-order valence-corrected chi connectivity index (χ4v) is 1.69. The molecule has 0 aliphatic rings. The quantitative estimate of drug-likeness (QED) is 0.648. The first-order valence-corrected chi connectivity index (χ1v) is 6.38. The molecule has 0 radical (unpaired) electrons. The fraction of sp³-hybridized carbons (Fsp3) is 0.333. The van der Waals surface area contributed by atoms with Crippen LogP contribution in [0.3, 0.4) is 0 Å². The van der Waals surface area contributed by atoms with E-state index in [0.29, 0.717) is 28.8 Å². The topological polar surface area (TPSA) is 67.4 Å². The third kappa shape index (κ3) is 6.31. The summed E-state index contributed by atoms with van der Waals surface area (Å²) in [6.07, 6.45) is 0.746. The van der Waals surface area contributed by atoms with Crippen LogP contribution < -0.4 is 15.6 Å². The summed E-state index contributed by atoms with van der Waals surface area (Å²) >= 11 is 11.7. The highest BCUT2D eigenvalue weighted by Crippen LogP contribution is 2.27. The molecule has 0 atom stereocenters. The van der Waals surface area contributed by atoms with Gasteiger partial charge in [-0.25, -0.2) is 0 Å². The number of amides is 2. The van der Waals surface area contributed by atoms with Gasteiger partial charge in [0, 0.05) is 18.4 Å². The van der Waals surface area contributed by atoms with Crippen molar-refractivity contribution < 1.29 is 14.3 Å². The molecule has 104 valence electrons. The number of rotatable bonds is 5. The maximum atomic E-state index is 11.2. The third-order valence-electron chi connectivity index (χ3n) is 2.08. The first-order chi connectivity index (χ1) is 8.99. The monoisotopic (exact) mass is 304 g/mol. The Balaban J connectivity index is 2.23. The van der Waals surface area contributed by atoms with Crippen LogP contribution in [0.4, 0.5) is 0 Å². The second kappa shape index (κ2) is 7.86. The molecule has 0 aliphatic carbocycles. The van der Waals surface area contributed by atoms with Gasteiger partial charge in [0.1, 0.15) is 5.75 Å². The molecule has 19 heavy (non-hydrogen) atoms. The third-order valence-corrected chi connectivity index (χ3v) is 2.61. The molecule has 7 heteroatoms. The molecule has 1 aromatic rings. The standard InChI is InChI=1S/C12H14Cl2N2O3/c1-8(17)15-16-12(18)3-2-6-19-11-5-4-9(13)7-10(11)14/h4-5,7H,2-3,6H2,1H3,(H,15,17)(H,16,18). The lowest BCUT2D eigenvalue weighted by Gasteiger charge is -2.08. The molecule has 1 rings (SSSR count).